The van der Waals surface area contributed by atoms with Crippen LogP contribution in [0, 0.1) is 0 Å². The van der Waals surface area contributed by atoms with Crippen LogP contribution in [-0.4, -0.2) is 22.7 Å². The molecule has 1 unspecified atom stereocenters. The van der Waals surface area contributed by atoms with E-state index in [4.69, 9.17) is 0 Å². The second-order valence-corrected chi connectivity index (χ2v) is 8.42. The third-order valence-corrected chi connectivity index (χ3v) is 6.24. The highest BCUT2D eigenvalue weighted by atomic mass is 32.1. The summed E-state index contributed by atoms with van der Waals surface area (Å²) in [6.07, 6.45) is 0.861. The lowest BCUT2D eigenvalue weighted by atomic mass is 9.94. The molecular formula is C25H22N2O4S. The van der Waals surface area contributed by atoms with Gasteiger partial charge in [0.15, 0.2) is 5.76 Å². The lowest BCUT2D eigenvalue weighted by Gasteiger charge is -2.27. The topological polar surface area (TPSA) is 86.7 Å². The first-order valence-electron chi connectivity index (χ1n) is 10.2. The summed E-state index contributed by atoms with van der Waals surface area (Å²) in [6, 6.07) is 17.1. The SMILES string of the molecule is CCc1ccc(C2C(C(=O)c3cccs3)=C(O)C(=O)N2c2ccc(NC(C)=O)cc2)cc1. The molecule has 0 saturated heterocycles. The van der Waals surface area contributed by atoms with Gasteiger partial charge in [-0.05, 0) is 53.3 Å². The van der Waals surface area contributed by atoms with Gasteiger partial charge in [-0.2, -0.15) is 0 Å². The number of aryl methyl sites for hydroxylation is 1. The fourth-order valence-electron chi connectivity index (χ4n) is 3.80. The quantitative estimate of drug-likeness (QED) is 0.519. The van der Waals surface area contributed by atoms with Crippen LogP contribution in [0.3, 0.4) is 0 Å². The van der Waals surface area contributed by atoms with E-state index in [1.165, 1.54) is 23.2 Å². The van der Waals surface area contributed by atoms with Crippen molar-refractivity contribution in [2.24, 2.45) is 0 Å². The normalized spacial score (nSPS) is 15.9. The number of amides is 2. The van der Waals surface area contributed by atoms with Crippen molar-refractivity contribution >= 4 is 40.3 Å². The van der Waals surface area contributed by atoms with E-state index in [9.17, 15) is 19.5 Å². The number of aliphatic hydroxyl groups is 1. The first-order valence-corrected chi connectivity index (χ1v) is 11.1. The first kappa shape index (κ1) is 21.5. The number of rotatable bonds is 6. The lowest BCUT2D eigenvalue weighted by molar-refractivity contribution is -0.117. The van der Waals surface area contributed by atoms with Gasteiger partial charge in [-0.1, -0.05) is 37.3 Å². The Labute approximate surface area is 189 Å². The molecule has 2 aromatic carbocycles. The lowest BCUT2D eigenvalue weighted by Crippen LogP contribution is -2.31. The molecule has 2 N–H and O–H groups in total. The Bertz CT molecular complexity index is 1200. The molecule has 0 fully saturated rings. The number of benzene rings is 2. The van der Waals surface area contributed by atoms with Crippen molar-refractivity contribution in [2.45, 2.75) is 26.3 Å². The predicted octanol–water partition coefficient (Wildman–Crippen LogP) is 5.05. The summed E-state index contributed by atoms with van der Waals surface area (Å²) in [5.41, 5.74) is 3.01. The van der Waals surface area contributed by atoms with Gasteiger partial charge in [0.05, 0.1) is 16.5 Å². The van der Waals surface area contributed by atoms with Gasteiger partial charge in [0.2, 0.25) is 11.7 Å². The van der Waals surface area contributed by atoms with Crippen LogP contribution < -0.4 is 10.2 Å². The minimum absolute atomic E-state index is 0.0626. The van der Waals surface area contributed by atoms with E-state index in [1.54, 1.807) is 41.8 Å². The zero-order valence-corrected chi connectivity index (χ0v) is 18.5. The van der Waals surface area contributed by atoms with Crippen LogP contribution in [-0.2, 0) is 16.0 Å². The van der Waals surface area contributed by atoms with Crippen LogP contribution in [0.5, 0.6) is 0 Å². The molecule has 162 valence electrons. The van der Waals surface area contributed by atoms with Gasteiger partial charge in [0.1, 0.15) is 0 Å². The van der Waals surface area contributed by atoms with Gasteiger partial charge in [-0.3, -0.25) is 19.3 Å². The van der Waals surface area contributed by atoms with Gasteiger partial charge in [0, 0.05) is 18.3 Å². The fourth-order valence-corrected chi connectivity index (χ4v) is 4.48. The fraction of sp³-hybridized carbons (Fsp3) is 0.160. The van der Waals surface area contributed by atoms with E-state index < -0.39 is 17.7 Å². The number of anilines is 2. The molecule has 7 heteroatoms. The number of aliphatic hydroxyl groups excluding tert-OH is 1. The van der Waals surface area contributed by atoms with Crippen molar-refractivity contribution in [1.82, 2.24) is 0 Å². The van der Waals surface area contributed by atoms with Crippen molar-refractivity contribution < 1.29 is 19.5 Å². The molecule has 1 aliphatic heterocycles. The molecule has 4 rings (SSSR count). The molecule has 1 atom stereocenters. The number of carbonyl (C=O) groups excluding carboxylic acids is 3. The van der Waals surface area contributed by atoms with E-state index in [-0.39, 0.29) is 17.3 Å². The molecular weight excluding hydrogens is 424 g/mol. The minimum Gasteiger partial charge on any atom is -0.503 e. The monoisotopic (exact) mass is 446 g/mol. The molecule has 0 bridgehead atoms. The number of Topliss-reactive ketones (excluding diaryl/α,β-unsaturated/α-hetero) is 1. The molecule has 2 heterocycles. The van der Waals surface area contributed by atoms with Crippen molar-refractivity contribution in [3.8, 4) is 0 Å². The second-order valence-electron chi connectivity index (χ2n) is 7.47. The standard InChI is InChI=1S/C25H22N2O4S/c1-3-16-6-8-17(9-7-16)22-21(23(29)20-5-4-14-32-20)24(30)25(31)27(22)19-12-10-18(11-13-19)26-15(2)28/h4-14,22,30H,3H2,1-2H3,(H,26,28). The summed E-state index contributed by atoms with van der Waals surface area (Å²) in [5.74, 6) is -1.75. The van der Waals surface area contributed by atoms with E-state index in [1.807, 2.05) is 24.3 Å². The number of thiophene rings is 1. The molecule has 0 spiro atoms. The largest absolute Gasteiger partial charge is 0.503 e. The van der Waals surface area contributed by atoms with Crippen molar-refractivity contribution in [2.75, 3.05) is 10.2 Å². The van der Waals surface area contributed by atoms with Crippen LogP contribution >= 0.6 is 11.3 Å². The predicted molar refractivity (Wildman–Crippen MR) is 125 cm³/mol. The number of nitrogens with one attached hydrogen (secondary N) is 1. The van der Waals surface area contributed by atoms with Crippen LogP contribution in [0.2, 0.25) is 0 Å². The minimum atomic E-state index is -0.769. The van der Waals surface area contributed by atoms with Gasteiger partial charge in [-0.15, -0.1) is 11.3 Å². The highest BCUT2D eigenvalue weighted by Gasteiger charge is 2.44. The van der Waals surface area contributed by atoms with Crippen molar-refractivity contribution in [3.05, 3.63) is 93.4 Å². The Hall–Kier alpha value is -3.71. The van der Waals surface area contributed by atoms with Gasteiger partial charge in [-0.25, -0.2) is 0 Å². The second kappa shape index (κ2) is 8.80. The maximum atomic E-state index is 13.3. The molecule has 1 aliphatic rings. The number of nitrogens with zero attached hydrogens (tertiary/aromatic N) is 1. The highest BCUT2D eigenvalue weighted by molar-refractivity contribution is 7.12. The summed E-state index contributed by atoms with van der Waals surface area (Å²) in [5, 5.41) is 15.3. The zero-order chi connectivity index (χ0) is 22.8. The molecule has 0 aliphatic carbocycles. The Balaban J connectivity index is 1.80. The summed E-state index contributed by atoms with van der Waals surface area (Å²) in [7, 11) is 0. The van der Waals surface area contributed by atoms with E-state index in [0.29, 0.717) is 16.3 Å². The molecule has 2 amide bonds. The molecule has 3 aromatic rings. The third-order valence-electron chi connectivity index (χ3n) is 5.37. The van der Waals surface area contributed by atoms with Gasteiger partial charge < -0.3 is 10.4 Å². The number of ketones is 1. The Morgan fingerprint density at radius 3 is 2.31 bits per heavy atom. The molecule has 0 radical (unpaired) electrons. The van der Waals surface area contributed by atoms with Crippen LogP contribution in [0.25, 0.3) is 0 Å². The number of carbonyl (C=O) groups is 3. The zero-order valence-electron chi connectivity index (χ0n) is 17.7. The Morgan fingerprint density at radius 1 is 1.06 bits per heavy atom. The van der Waals surface area contributed by atoms with Crippen LogP contribution in [0.1, 0.15) is 40.7 Å². The number of hydrogen-bond acceptors (Lipinski definition) is 5. The Morgan fingerprint density at radius 2 is 1.75 bits per heavy atom. The first-order chi connectivity index (χ1) is 15.4. The smallest absolute Gasteiger partial charge is 0.294 e. The summed E-state index contributed by atoms with van der Waals surface area (Å²) >= 11 is 1.26. The van der Waals surface area contributed by atoms with Gasteiger partial charge in [0.25, 0.3) is 5.91 Å². The third kappa shape index (κ3) is 3.94. The maximum Gasteiger partial charge on any atom is 0.294 e. The average Bonchev–Trinajstić information content (AvgIpc) is 3.41. The van der Waals surface area contributed by atoms with E-state index in [2.05, 4.69) is 12.2 Å². The van der Waals surface area contributed by atoms with Crippen LogP contribution in [0.15, 0.2) is 77.4 Å². The average molecular weight is 447 g/mol. The van der Waals surface area contributed by atoms with E-state index in [0.717, 1.165) is 17.5 Å². The molecule has 32 heavy (non-hydrogen) atoms. The summed E-state index contributed by atoms with van der Waals surface area (Å²) in [6.45, 7) is 3.47. The van der Waals surface area contributed by atoms with Crippen LogP contribution in [0.4, 0.5) is 11.4 Å². The molecule has 1 aromatic heterocycles. The molecule has 6 nitrogen and oxygen atoms in total. The van der Waals surface area contributed by atoms with Crippen molar-refractivity contribution in [1.29, 1.82) is 0 Å². The molecule has 0 saturated carbocycles. The van der Waals surface area contributed by atoms with Crippen molar-refractivity contribution in [3.63, 3.8) is 0 Å². The van der Waals surface area contributed by atoms with Gasteiger partial charge >= 0.3 is 0 Å². The Kier molecular flexibility index (Phi) is 5.92. The summed E-state index contributed by atoms with van der Waals surface area (Å²) in [4.78, 5) is 39.6. The summed E-state index contributed by atoms with van der Waals surface area (Å²) < 4.78 is 0. The van der Waals surface area contributed by atoms with E-state index >= 15 is 0 Å². The highest BCUT2D eigenvalue weighted by Crippen LogP contribution is 2.42. The number of hydrogen-bond donors (Lipinski definition) is 2. The maximum absolute atomic E-state index is 13.3.